The fourth-order valence-corrected chi connectivity index (χ4v) is 2.86. The van der Waals surface area contributed by atoms with Crippen molar-refractivity contribution >= 4 is 23.6 Å². The molecule has 2 amide bonds. The Morgan fingerprint density at radius 1 is 0.931 bits per heavy atom. The molecule has 0 radical (unpaired) electrons. The molecule has 0 fully saturated rings. The number of aliphatic carboxylic acids is 1. The molecule has 7 heteroatoms. The van der Waals surface area contributed by atoms with Crippen LogP contribution in [0.4, 0.5) is 0 Å². The second-order valence-corrected chi connectivity index (χ2v) is 7.31. The van der Waals surface area contributed by atoms with Crippen LogP contribution in [0.1, 0.15) is 63.0 Å². The maximum Gasteiger partial charge on any atom is 0.303 e. The maximum absolute atomic E-state index is 11.9. The first-order valence-corrected chi connectivity index (χ1v) is 10.1. The Hall–Kier alpha value is -2.70. The summed E-state index contributed by atoms with van der Waals surface area (Å²) in [6.07, 6.45) is 3.59. The predicted molar refractivity (Wildman–Crippen MR) is 110 cm³/mol. The third kappa shape index (κ3) is 11.7. The van der Waals surface area contributed by atoms with Gasteiger partial charge in [-0.05, 0) is 51.5 Å². The molecule has 29 heavy (non-hydrogen) atoms. The van der Waals surface area contributed by atoms with E-state index < -0.39 is 17.9 Å². The number of hydrogen-bond donors (Lipinski definition) is 3. The fourth-order valence-electron chi connectivity index (χ4n) is 2.86. The summed E-state index contributed by atoms with van der Waals surface area (Å²) in [5.74, 6) is -1.63. The molecule has 0 aromatic heterocycles. The number of benzene rings is 1. The zero-order valence-electron chi connectivity index (χ0n) is 17.3. The summed E-state index contributed by atoms with van der Waals surface area (Å²) in [6, 6.07) is 7.69. The second-order valence-electron chi connectivity index (χ2n) is 7.31. The van der Waals surface area contributed by atoms with Crippen molar-refractivity contribution in [1.82, 2.24) is 10.6 Å². The monoisotopic (exact) mass is 404 g/mol. The van der Waals surface area contributed by atoms with Crippen molar-refractivity contribution in [3.63, 3.8) is 0 Å². The minimum atomic E-state index is -1.05. The van der Waals surface area contributed by atoms with Gasteiger partial charge in [0.1, 0.15) is 0 Å². The van der Waals surface area contributed by atoms with E-state index in [1.54, 1.807) is 0 Å². The highest BCUT2D eigenvalue weighted by Crippen LogP contribution is 2.07. The molecule has 0 saturated heterocycles. The first kappa shape index (κ1) is 24.3. The van der Waals surface area contributed by atoms with Crippen LogP contribution in [-0.2, 0) is 25.6 Å². The molecule has 1 aromatic rings. The summed E-state index contributed by atoms with van der Waals surface area (Å²) in [7, 11) is 0. The van der Waals surface area contributed by atoms with Gasteiger partial charge >= 0.3 is 5.97 Å². The topological polar surface area (TPSA) is 113 Å². The van der Waals surface area contributed by atoms with Crippen molar-refractivity contribution in [2.24, 2.45) is 0 Å². The van der Waals surface area contributed by atoms with Gasteiger partial charge in [-0.15, -0.1) is 0 Å². The zero-order chi connectivity index (χ0) is 21.6. The number of rotatable bonds is 14. The average Bonchev–Trinajstić information content (AvgIpc) is 2.66. The molecule has 0 heterocycles. The molecule has 0 bridgehead atoms. The van der Waals surface area contributed by atoms with Crippen molar-refractivity contribution < 1.29 is 24.3 Å². The lowest BCUT2D eigenvalue weighted by molar-refractivity contribution is -0.139. The Labute approximate surface area is 172 Å². The van der Waals surface area contributed by atoms with Crippen LogP contribution in [0.5, 0.6) is 0 Å². The molecular formula is C22H32N2O5. The van der Waals surface area contributed by atoms with Crippen molar-refractivity contribution in [1.29, 1.82) is 0 Å². The standard InChI is InChI=1S/C22H32N2O5/c1-16-9-11-18(12-10-16)6-5-8-20(26)23-15-4-3-7-19(17(2)25)24-21(27)13-14-22(28)29/h9-12,19H,3-8,13-15H2,1-2H3,(H,23,26)(H,24,27)(H,28,29). The minimum Gasteiger partial charge on any atom is -0.481 e. The Kier molecular flexibility index (Phi) is 11.3. The van der Waals surface area contributed by atoms with E-state index in [1.807, 2.05) is 6.92 Å². The van der Waals surface area contributed by atoms with E-state index in [4.69, 9.17) is 5.11 Å². The van der Waals surface area contributed by atoms with Crippen LogP contribution in [0.2, 0.25) is 0 Å². The van der Waals surface area contributed by atoms with Gasteiger partial charge in [0.25, 0.3) is 0 Å². The quantitative estimate of drug-likeness (QED) is 0.413. The summed E-state index contributed by atoms with van der Waals surface area (Å²) in [5.41, 5.74) is 2.45. The van der Waals surface area contributed by atoms with Gasteiger partial charge in [-0.1, -0.05) is 29.8 Å². The summed E-state index contributed by atoms with van der Waals surface area (Å²) >= 11 is 0. The van der Waals surface area contributed by atoms with E-state index in [0.29, 0.717) is 32.2 Å². The van der Waals surface area contributed by atoms with Gasteiger partial charge in [-0.3, -0.25) is 19.2 Å². The molecule has 0 aliphatic heterocycles. The van der Waals surface area contributed by atoms with Crippen LogP contribution in [0.25, 0.3) is 0 Å². The largest absolute Gasteiger partial charge is 0.481 e. The number of amides is 2. The van der Waals surface area contributed by atoms with Crippen LogP contribution in [0, 0.1) is 6.92 Å². The highest BCUT2D eigenvalue weighted by Gasteiger charge is 2.17. The lowest BCUT2D eigenvalue weighted by Gasteiger charge is -2.15. The summed E-state index contributed by atoms with van der Waals surface area (Å²) in [4.78, 5) is 45.7. The molecule has 1 unspecified atom stereocenters. The lowest BCUT2D eigenvalue weighted by Crippen LogP contribution is -2.40. The molecular weight excluding hydrogens is 372 g/mol. The van der Waals surface area contributed by atoms with E-state index in [1.165, 1.54) is 18.1 Å². The van der Waals surface area contributed by atoms with Gasteiger partial charge in [0.2, 0.25) is 11.8 Å². The van der Waals surface area contributed by atoms with Gasteiger partial charge in [-0.25, -0.2) is 0 Å². The predicted octanol–water partition coefficient (Wildman–Crippen LogP) is 2.54. The number of nitrogens with one attached hydrogen (secondary N) is 2. The molecule has 1 atom stereocenters. The van der Waals surface area contributed by atoms with Crippen molar-refractivity contribution in [3.8, 4) is 0 Å². The van der Waals surface area contributed by atoms with Crippen LogP contribution in [0.3, 0.4) is 0 Å². The van der Waals surface area contributed by atoms with E-state index in [2.05, 4.69) is 34.9 Å². The van der Waals surface area contributed by atoms with Gasteiger partial charge in [0, 0.05) is 19.4 Å². The minimum absolute atomic E-state index is 0.0159. The van der Waals surface area contributed by atoms with Crippen LogP contribution in [0.15, 0.2) is 24.3 Å². The second kappa shape index (κ2) is 13.5. The number of carbonyl (C=O) groups is 4. The SMILES string of the molecule is CC(=O)C(CCCCNC(=O)CCCc1ccc(C)cc1)NC(=O)CCC(=O)O. The molecule has 1 rings (SSSR count). The third-order valence-corrected chi connectivity index (χ3v) is 4.62. The molecule has 3 N–H and O–H groups in total. The van der Waals surface area contributed by atoms with Crippen molar-refractivity contribution in [2.75, 3.05) is 6.54 Å². The Morgan fingerprint density at radius 2 is 1.62 bits per heavy atom. The third-order valence-electron chi connectivity index (χ3n) is 4.62. The summed E-state index contributed by atoms with van der Waals surface area (Å²) in [5, 5.41) is 14.0. The number of carboxylic acid groups (broad SMARTS) is 1. The first-order chi connectivity index (χ1) is 13.8. The fraction of sp³-hybridized carbons (Fsp3) is 0.545. The van der Waals surface area contributed by atoms with Crippen LogP contribution < -0.4 is 10.6 Å². The summed E-state index contributed by atoms with van der Waals surface area (Å²) < 4.78 is 0. The van der Waals surface area contributed by atoms with Crippen molar-refractivity contribution in [3.05, 3.63) is 35.4 Å². The first-order valence-electron chi connectivity index (χ1n) is 10.1. The van der Waals surface area contributed by atoms with E-state index in [-0.39, 0.29) is 24.5 Å². The Morgan fingerprint density at radius 3 is 2.24 bits per heavy atom. The summed E-state index contributed by atoms with van der Waals surface area (Å²) in [6.45, 7) is 3.97. The Bertz CT molecular complexity index is 685. The van der Waals surface area contributed by atoms with Crippen LogP contribution in [-0.4, -0.2) is 41.3 Å². The van der Waals surface area contributed by atoms with Crippen LogP contribution >= 0.6 is 0 Å². The maximum atomic E-state index is 11.9. The average molecular weight is 405 g/mol. The molecule has 0 spiro atoms. The highest BCUT2D eigenvalue weighted by atomic mass is 16.4. The molecule has 7 nitrogen and oxygen atoms in total. The lowest BCUT2D eigenvalue weighted by atomic mass is 10.1. The number of ketones is 1. The van der Waals surface area contributed by atoms with E-state index >= 15 is 0 Å². The number of aryl methyl sites for hydroxylation is 2. The van der Waals surface area contributed by atoms with Gasteiger partial charge < -0.3 is 15.7 Å². The molecule has 0 saturated carbocycles. The number of carbonyl (C=O) groups excluding carboxylic acids is 3. The molecule has 0 aliphatic rings. The number of hydrogen-bond acceptors (Lipinski definition) is 4. The number of Topliss-reactive ketones (excluding diaryl/α,β-unsaturated/α-hetero) is 1. The number of unbranched alkanes of at least 4 members (excludes halogenated alkanes) is 1. The van der Waals surface area contributed by atoms with Crippen molar-refractivity contribution in [2.45, 2.75) is 71.3 Å². The molecule has 160 valence electrons. The van der Waals surface area contributed by atoms with E-state index in [0.717, 1.165) is 12.8 Å². The Balaban J connectivity index is 2.15. The smallest absolute Gasteiger partial charge is 0.303 e. The van der Waals surface area contributed by atoms with E-state index in [9.17, 15) is 19.2 Å². The molecule has 0 aliphatic carbocycles. The zero-order valence-corrected chi connectivity index (χ0v) is 17.3. The number of carboxylic acids is 1. The van der Waals surface area contributed by atoms with Gasteiger partial charge in [0.15, 0.2) is 5.78 Å². The normalized spacial score (nSPS) is 11.5. The van der Waals surface area contributed by atoms with Gasteiger partial charge in [-0.2, -0.15) is 0 Å². The highest BCUT2D eigenvalue weighted by molar-refractivity contribution is 5.88. The molecule has 1 aromatic carbocycles. The van der Waals surface area contributed by atoms with Gasteiger partial charge in [0.05, 0.1) is 12.5 Å².